The Kier molecular flexibility index (Phi) is 4.97. The molecule has 2 heterocycles. The molecule has 1 amide bonds. The van der Waals surface area contributed by atoms with Crippen molar-refractivity contribution in [1.29, 1.82) is 0 Å². The van der Waals surface area contributed by atoms with Crippen LogP contribution in [0.4, 0.5) is 5.69 Å². The van der Waals surface area contributed by atoms with E-state index in [0.717, 1.165) is 16.8 Å². The maximum absolute atomic E-state index is 12.8. The number of anilines is 1. The number of carbonyl (C=O) groups excluding carboxylic acids is 2. The summed E-state index contributed by atoms with van der Waals surface area (Å²) < 4.78 is 1.32. The summed E-state index contributed by atoms with van der Waals surface area (Å²) in [5.74, 6) is -0.396. The summed E-state index contributed by atoms with van der Waals surface area (Å²) in [5.41, 5.74) is 3.10. The van der Waals surface area contributed by atoms with Crippen molar-refractivity contribution in [2.45, 2.75) is 40.7 Å². The summed E-state index contributed by atoms with van der Waals surface area (Å²) in [5, 5.41) is 3.30. The molecule has 2 aromatic heterocycles. The summed E-state index contributed by atoms with van der Waals surface area (Å²) in [6.07, 6.45) is 1.37. The highest BCUT2D eigenvalue weighted by Gasteiger charge is 2.22. The molecular formula is C20H21N3O3S. The lowest BCUT2D eigenvalue weighted by molar-refractivity contribution is -0.119. The van der Waals surface area contributed by atoms with Crippen LogP contribution in [0.25, 0.3) is 10.2 Å². The number of Topliss-reactive ketones (excluding diaryl/α,β-unsaturated/α-hetero) is 1. The average Bonchev–Trinajstić information content (AvgIpc) is 2.94. The van der Waals surface area contributed by atoms with Gasteiger partial charge in [-0.1, -0.05) is 17.7 Å². The van der Waals surface area contributed by atoms with Crippen molar-refractivity contribution in [3.63, 3.8) is 0 Å². The number of thiophene rings is 1. The average molecular weight is 383 g/mol. The summed E-state index contributed by atoms with van der Waals surface area (Å²) in [7, 11) is 0. The van der Waals surface area contributed by atoms with Crippen LogP contribution >= 0.6 is 11.3 Å². The van der Waals surface area contributed by atoms with Gasteiger partial charge in [0.1, 0.15) is 4.83 Å². The fourth-order valence-electron chi connectivity index (χ4n) is 2.96. The van der Waals surface area contributed by atoms with Crippen LogP contribution in [0.1, 0.15) is 46.3 Å². The monoisotopic (exact) mass is 383 g/mol. The van der Waals surface area contributed by atoms with Crippen molar-refractivity contribution in [2.24, 2.45) is 0 Å². The van der Waals surface area contributed by atoms with Crippen LogP contribution in [0.2, 0.25) is 0 Å². The van der Waals surface area contributed by atoms with Gasteiger partial charge >= 0.3 is 0 Å². The smallest absolute Gasteiger partial charge is 0.266 e. The van der Waals surface area contributed by atoms with E-state index in [4.69, 9.17) is 0 Å². The second-order valence-corrected chi connectivity index (χ2v) is 7.75. The largest absolute Gasteiger partial charge is 0.321 e. The number of fused-ring (bicyclic) bond motifs is 1. The van der Waals surface area contributed by atoms with Crippen LogP contribution in [0.15, 0.2) is 29.3 Å². The molecule has 3 rings (SSSR count). The minimum Gasteiger partial charge on any atom is -0.321 e. The van der Waals surface area contributed by atoms with Gasteiger partial charge in [-0.15, -0.1) is 11.3 Å². The van der Waals surface area contributed by atoms with Gasteiger partial charge in [0.05, 0.1) is 22.6 Å². The molecule has 140 valence electrons. The molecular weight excluding hydrogens is 362 g/mol. The van der Waals surface area contributed by atoms with Gasteiger partial charge in [-0.25, -0.2) is 4.98 Å². The number of aryl methyl sites for hydroxylation is 3. The Morgan fingerprint density at radius 1 is 1.22 bits per heavy atom. The Hall–Kier alpha value is -2.80. The number of nitrogens with one attached hydrogen (secondary N) is 1. The third-order valence-corrected chi connectivity index (χ3v) is 5.92. The van der Waals surface area contributed by atoms with E-state index < -0.39 is 6.04 Å². The molecule has 0 saturated heterocycles. The molecule has 0 aliphatic heterocycles. The Bertz CT molecular complexity index is 1130. The van der Waals surface area contributed by atoms with Gasteiger partial charge in [0.15, 0.2) is 5.78 Å². The van der Waals surface area contributed by atoms with Gasteiger partial charge in [0.25, 0.3) is 11.5 Å². The van der Waals surface area contributed by atoms with Crippen LogP contribution in [-0.2, 0) is 4.79 Å². The highest BCUT2D eigenvalue weighted by Crippen LogP contribution is 2.28. The van der Waals surface area contributed by atoms with Crippen molar-refractivity contribution in [3.05, 3.63) is 56.4 Å². The van der Waals surface area contributed by atoms with E-state index in [1.807, 2.05) is 32.0 Å². The van der Waals surface area contributed by atoms with Crippen LogP contribution in [0, 0.1) is 20.8 Å². The van der Waals surface area contributed by atoms with Gasteiger partial charge in [-0.3, -0.25) is 19.0 Å². The normalized spacial score (nSPS) is 12.2. The standard InChI is InChI=1S/C20H21N3O3S/c1-10-6-7-15(11(2)8-10)22-18(25)17-12(3)16-19(27-17)21-9-23(20(16)26)13(4)14(5)24/h6-9,13H,1-5H3,(H,22,25). The minimum atomic E-state index is -0.596. The molecule has 0 aliphatic carbocycles. The lowest BCUT2D eigenvalue weighted by Gasteiger charge is -2.11. The van der Waals surface area contributed by atoms with Crippen LogP contribution in [0.5, 0.6) is 0 Å². The zero-order chi connectivity index (χ0) is 19.9. The van der Waals surface area contributed by atoms with E-state index in [-0.39, 0.29) is 17.2 Å². The fourth-order valence-corrected chi connectivity index (χ4v) is 3.99. The first-order valence-electron chi connectivity index (χ1n) is 8.60. The molecule has 0 fully saturated rings. The number of hydrogen-bond acceptors (Lipinski definition) is 5. The lowest BCUT2D eigenvalue weighted by atomic mass is 10.1. The predicted molar refractivity (Wildman–Crippen MR) is 108 cm³/mol. The van der Waals surface area contributed by atoms with E-state index >= 15 is 0 Å². The Morgan fingerprint density at radius 2 is 1.93 bits per heavy atom. The Labute approximate surface area is 160 Å². The number of carbonyl (C=O) groups is 2. The number of amides is 1. The zero-order valence-corrected chi connectivity index (χ0v) is 16.7. The number of rotatable bonds is 4. The molecule has 0 saturated carbocycles. The number of ketones is 1. The third-order valence-electron chi connectivity index (χ3n) is 4.72. The molecule has 1 atom stereocenters. The van der Waals surface area contributed by atoms with Gasteiger partial charge in [-0.2, -0.15) is 0 Å². The summed E-state index contributed by atoms with van der Waals surface area (Å²) in [6.45, 7) is 8.76. The van der Waals surface area contributed by atoms with Gasteiger partial charge in [0.2, 0.25) is 0 Å². The Morgan fingerprint density at radius 3 is 2.56 bits per heavy atom. The van der Waals surface area contributed by atoms with Crippen LogP contribution < -0.4 is 10.9 Å². The molecule has 1 N–H and O–H groups in total. The molecule has 0 radical (unpaired) electrons. The number of hydrogen-bond donors (Lipinski definition) is 1. The molecule has 1 unspecified atom stereocenters. The van der Waals surface area contributed by atoms with Crippen molar-refractivity contribution in [3.8, 4) is 0 Å². The van der Waals surface area contributed by atoms with E-state index in [0.29, 0.717) is 20.7 Å². The van der Waals surface area contributed by atoms with Crippen molar-refractivity contribution in [2.75, 3.05) is 5.32 Å². The first kappa shape index (κ1) is 19.0. The van der Waals surface area contributed by atoms with E-state index in [1.165, 1.54) is 29.2 Å². The molecule has 0 aliphatic rings. The zero-order valence-electron chi connectivity index (χ0n) is 15.9. The van der Waals surface area contributed by atoms with E-state index in [1.54, 1.807) is 13.8 Å². The summed E-state index contributed by atoms with van der Waals surface area (Å²) in [4.78, 5) is 42.5. The second-order valence-electron chi connectivity index (χ2n) is 6.75. The molecule has 1 aromatic carbocycles. The first-order chi connectivity index (χ1) is 12.7. The predicted octanol–water partition coefficient (Wildman–Crippen LogP) is 3.79. The maximum Gasteiger partial charge on any atom is 0.266 e. The minimum absolute atomic E-state index is 0.126. The van der Waals surface area contributed by atoms with Crippen molar-refractivity contribution < 1.29 is 9.59 Å². The first-order valence-corrected chi connectivity index (χ1v) is 9.41. The van der Waals surface area contributed by atoms with Crippen molar-refractivity contribution >= 4 is 38.9 Å². The number of nitrogens with zero attached hydrogens (tertiary/aromatic N) is 2. The molecule has 27 heavy (non-hydrogen) atoms. The maximum atomic E-state index is 12.8. The van der Waals surface area contributed by atoms with E-state index in [9.17, 15) is 14.4 Å². The fraction of sp³-hybridized carbons (Fsp3) is 0.300. The SMILES string of the molecule is CC(=O)C(C)n1cnc2sc(C(=O)Nc3ccc(C)cc3C)c(C)c2c1=O. The third kappa shape index (κ3) is 3.42. The lowest BCUT2D eigenvalue weighted by Crippen LogP contribution is -2.27. The second kappa shape index (κ2) is 7.08. The molecule has 0 spiro atoms. The van der Waals surface area contributed by atoms with Crippen LogP contribution in [0.3, 0.4) is 0 Å². The Balaban J connectivity index is 2.04. The molecule has 7 heteroatoms. The highest BCUT2D eigenvalue weighted by atomic mass is 32.1. The van der Waals surface area contributed by atoms with Gasteiger partial charge < -0.3 is 5.32 Å². The topological polar surface area (TPSA) is 81.1 Å². The van der Waals surface area contributed by atoms with Gasteiger partial charge in [0, 0.05) is 5.69 Å². The molecule has 6 nitrogen and oxygen atoms in total. The number of benzene rings is 1. The highest BCUT2D eigenvalue weighted by molar-refractivity contribution is 7.20. The number of aromatic nitrogens is 2. The van der Waals surface area contributed by atoms with E-state index in [2.05, 4.69) is 10.3 Å². The van der Waals surface area contributed by atoms with Gasteiger partial charge in [-0.05, 0) is 51.8 Å². The molecule has 0 bridgehead atoms. The van der Waals surface area contributed by atoms with Crippen LogP contribution in [-0.4, -0.2) is 21.2 Å². The molecule has 3 aromatic rings. The quantitative estimate of drug-likeness (QED) is 0.743. The summed E-state index contributed by atoms with van der Waals surface area (Å²) >= 11 is 1.18. The summed E-state index contributed by atoms with van der Waals surface area (Å²) in [6, 6.07) is 5.20. The van der Waals surface area contributed by atoms with Crippen molar-refractivity contribution in [1.82, 2.24) is 9.55 Å².